The lowest BCUT2D eigenvalue weighted by Crippen LogP contribution is -2.68. The third kappa shape index (κ3) is 3.32. The molecular formula is C23H24INO7. The average molecular weight is 553 g/mol. The molecule has 3 N–H and O–H groups in total. The number of benzene rings is 1. The molecule has 3 aliphatic carbocycles. The van der Waals surface area contributed by atoms with Crippen LogP contribution in [0.4, 0.5) is 0 Å². The van der Waals surface area contributed by atoms with Gasteiger partial charge in [0, 0.05) is 15.9 Å². The van der Waals surface area contributed by atoms with Gasteiger partial charge in [-0.15, -0.1) is 0 Å². The van der Waals surface area contributed by atoms with Gasteiger partial charge in [-0.1, -0.05) is 13.3 Å². The second kappa shape index (κ2) is 8.33. The van der Waals surface area contributed by atoms with E-state index in [0.29, 0.717) is 24.3 Å². The van der Waals surface area contributed by atoms with Crippen LogP contribution in [0, 0.1) is 27.2 Å². The molecule has 1 aromatic carbocycles. The largest absolute Gasteiger partial charge is 0.493 e. The van der Waals surface area contributed by atoms with Gasteiger partial charge in [0.15, 0.2) is 34.7 Å². The summed E-state index contributed by atoms with van der Waals surface area (Å²) in [5.41, 5.74) is 3.74. The lowest BCUT2D eigenvalue weighted by molar-refractivity contribution is -0.175. The molecule has 0 heterocycles. The minimum Gasteiger partial charge on any atom is -0.493 e. The Balaban J connectivity index is 1.76. The molecule has 8 nitrogen and oxygen atoms in total. The molecule has 0 aromatic heterocycles. The second-order valence-electron chi connectivity index (χ2n) is 8.84. The average Bonchev–Trinajstić information content (AvgIpc) is 2.72. The summed E-state index contributed by atoms with van der Waals surface area (Å²) in [6, 6.07) is 3.56. The lowest BCUT2D eigenvalue weighted by atomic mass is 9.54. The van der Waals surface area contributed by atoms with Crippen LogP contribution in [0.25, 0.3) is 0 Å². The van der Waals surface area contributed by atoms with Crippen molar-refractivity contribution in [3.8, 4) is 5.75 Å². The Morgan fingerprint density at radius 1 is 1.22 bits per heavy atom. The molecule has 4 rings (SSSR count). The molecule has 2 saturated carbocycles. The maximum absolute atomic E-state index is 13.6. The van der Waals surface area contributed by atoms with Crippen molar-refractivity contribution in [1.82, 2.24) is 0 Å². The second-order valence-corrected chi connectivity index (χ2v) is 10.0. The Hall–Kier alpha value is -2.14. The highest BCUT2D eigenvalue weighted by atomic mass is 127. The number of carbonyl (C=O) groups is 5. The molecule has 0 spiro atoms. The van der Waals surface area contributed by atoms with Gasteiger partial charge in [0.2, 0.25) is 5.91 Å². The maximum Gasteiger partial charge on any atom is 0.235 e. The minimum atomic E-state index is -2.56. The molecule has 0 saturated heterocycles. The number of ether oxygens (including phenoxy) is 1. The zero-order valence-electron chi connectivity index (χ0n) is 17.6. The van der Waals surface area contributed by atoms with Crippen LogP contribution in [0.3, 0.4) is 0 Å². The number of carbonyl (C=O) groups excluding carboxylic acids is 5. The van der Waals surface area contributed by atoms with Crippen LogP contribution in [0.5, 0.6) is 5.75 Å². The van der Waals surface area contributed by atoms with E-state index in [1.54, 1.807) is 6.07 Å². The summed E-state index contributed by atoms with van der Waals surface area (Å²) < 4.78 is 6.70. The number of unbranched alkanes of at least 4 members (excludes halogenated alkanes) is 1. The first-order valence-electron chi connectivity index (χ1n) is 10.7. The molecule has 2 unspecified atom stereocenters. The number of amides is 1. The maximum atomic E-state index is 13.6. The van der Waals surface area contributed by atoms with Crippen LogP contribution in [0.2, 0.25) is 0 Å². The van der Waals surface area contributed by atoms with Crippen LogP contribution >= 0.6 is 22.6 Å². The number of rotatable bonds is 5. The van der Waals surface area contributed by atoms with Crippen molar-refractivity contribution >= 4 is 51.6 Å². The first-order valence-corrected chi connectivity index (χ1v) is 11.8. The molecule has 1 amide bonds. The van der Waals surface area contributed by atoms with Crippen molar-refractivity contribution in [2.75, 3.05) is 6.61 Å². The van der Waals surface area contributed by atoms with Crippen molar-refractivity contribution in [2.24, 2.45) is 29.4 Å². The molecule has 0 aliphatic heterocycles. The summed E-state index contributed by atoms with van der Waals surface area (Å²) in [5, 5.41) is 11.2. The van der Waals surface area contributed by atoms with Crippen LogP contribution in [0.15, 0.2) is 12.1 Å². The summed E-state index contributed by atoms with van der Waals surface area (Å²) >= 11 is 2.14. The van der Waals surface area contributed by atoms with Crippen molar-refractivity contribution in [3.63, 3.8) is 0 Å². The summed E-state index contributed by atoms with van der Waals surface area (Å²) in [4.78, 5) is 64.1. The third-order valence-corrected chi connectivity index (χ3v) is 7.98. The number of hydrogen-bond donors (Lipinski definition) is 2. The number of hydrogen-bond acceptors (Lipinski definition) is 7. The van der Waals surface area contributed by atoms with E-state index in [-0.39, 0.29) is 12.8 Å². The fraction of sp³-hybridized carbons (Fsp3) is 0.522. The van der Waals surface area contributed by atoms with Gasteiger partial charge in [-0.3, -0.25) is 24.0 Å². The first kappa shape index (κ1) is 23.0. The Kier molecular flexibility index (Phi) is 6.00. The van der Waals surface area contributed by atoms with E-state index < -0.39 is 58.3 Å². The number of ketones is 4. The first-order chi connectivity index (χ1) is 15.1. The predicted octanol–water partition coefficient (Wildman–Crippen LogP) is 1.40. The van der Waals surface area contributed by atoms with Gasteiger partial charge < -0.3 is 15.6 Å². The smallest absolute Gasteiger partial charge is 0.235 e. The minimum absolute atomic E-state index is 0.151. The quantitative estimate of drug-likeness (QED) is 0.319. The number of aliphatic hydroxyl groups is 1. The van der Waals surface area contributed by atoms with E-state index in [9.17, 15) is 29.1 Å². The number of nitrogens with two attached hydrogens (primary N) is 1. The van der Waals surface area contributed by atoms with Crippen LogP contribution in [0.1, 0.15) is 48.5 Å². The van der Waals surface area contributed by atoms with Gasteiger partial charge >= 0.3 is 0 Å². The molecule has 2 fully saturated rings. The number of halogens is 1. The van der Waals surface area contributed by atoms with E-state index in [1.807, 2.05) is 13.0 Å². The molecule has 32 heavy (non-hydrogen) atoms. The van der Waals surface area contributed by atoms with Gasteiger partial charge in [0.25, 0.3) is 0 Å². The van der Waals surface area contributed by atoms with Crippen LogP contribution in [-0.4, -0.2) is 46.4 Å². The fourth-order valence-corrected chi connectivity index (χ4v) is 6.03. The zero-order valence-corrected chi connectivity index (χ0v) is 19.7. The van der Waals surface area contributed by atoms with E-state index in [2.05, 4.69) is 22.6 Å². The number of fused-ring (bicyclic) bond motifs is 3. The van der Waals surface area contributed by atoms with Gasteiger partial charge in [0.05, 0.1) is 18.1 Å². The Labute approximate surface area is 198 Å². The van der Waals surface area contributed by atoms with E-state index in [4.69, 9.17) is 10.5 Å². The molecule has 0 bridgehead atoms. The van der Waals surface area contributed by atoms with Crippen LogP contribution in [-0.2, 0) is 25.6 Å². The van der Waals surface area contributed by atoms with Gasteiger partial charge in [-0.25, -0.2) is 0 Å². The number of primary amides is 1. The molecule has 3 aliphatic rings. The third-order valence-electron chi connectivity index (χ3n) is 6.97. The summed E-state index contributed by atoms with van der Waals surface area (Å²) in [7, 11) is 0. The molecule has 9 heteroatoms. The van der Waals surface area contributed by atoms with Crippen molar-refractivity contribution in [2.45, 2.75) is 44.6 Å². The standard InChI is InChI=1S/C23H24INO7/c1-2-3-6-32-15-5-4-13(24)12-8-10-7-11-9-14(26)18(22(25)30)21(29)23(11,31)20(28)16(10)19(27)17(12)15/h4-5,10-11,16,18,31H,2-3,6-9H2,1H3,(H2,25,30)/t10-,11+,16?,18?,23+/m1/s1. The molecule has 5 atom stereocenters. The highest BCUT2D eigenvalue weighted by molar-refractivity contribution is 14.1. The number of Topliss-reactive ketones (excluding diaryl/α,β-unsaturated/α-hetero) is 4. The Bertz CT molecular complexity index is 1050. The molecular weight excluding hydrogens is 529 g/mol. The molecule has 0 radical (unpaired) electrons. The summed E-state index contributed by atoms with van der Waals surface area (Å²) in [5.74, 6) is -8.63. The SMILES string of the molecule is CCCCOc1ccc(I)c2c1C(=O)C1C(=O)[C@]3(O)C(=O)C(C(N)=O)C(=O)C[C@@H]3C[C@@H]1C2. The van der Waals surface area contributed by atoms with E-state index >= 15 is 0 Å². The van der Waals surface area contributed by atoms with Gasteiger partial charge in [-0.05, 0) is 65.5 Å². The van der Waals surface area contributed by atoms with E-state index in [0.717, 1.165) is 22.0 Å². The highest BCUT2D eigenvalue weighted by Crippen LogP contribution is 2.50. The Morgan fingerprint density at radius 2 is 1.94 bits per heavy atom. The fourth-order valence-electron chi connectivity index (χ4n) is 5.36. The van der Waals surface area contributed by atoms with Gasteiger partial charge in [-0.2, -0.15) is 0 Å². The van der Waals surface area contributed by atoms with E-state index in [1.165, 1.54) is 0 Å². The van der Waals surface area contributed by atoms with Crippen molar-refractivity contribution in [3.05, 3.63) is 26.8 Å². The predicted molar refractivity (Wildman–Crippen MR) is 120 cm³/mol. The molecule has 170 valence electrons. The van der Waals surface area contributed by atoms with Crippen molar-refractivity contribution < 1.29 is 33.8 Å². The highest BCUT2D eigenvalue weighted by Gasteiger charge is 2.66. The van der Waals surface area contributed by atoms with Crippen molar-refractivity contribution in [1.29, 1.82) is 0 Å². The van der Waals surface area contributed by atoms with Crippen LogP contribution < -0.4 is 10.5 Å². The summed E-state index contributed by atoms with van der Waals surface area (Å²) in [6.07, 6.45) is 1.97. The molecule has 1 aromatic rings. The zero-order chi connectivity index (χ0) is 23.4. The topological polar surface area (TPSA) is 141 Å². The monoisotopic (exact) mass is 553 g/mol. The normalized spacial score (nSPS) is 31.6. The Morgan fingerprint density at radius 3 is 2.59 bits per heavy atom. The van der Waals surface area contributed by atoms with Gasteiger partial charge in [0.1, 0.15) is 5.75 Å². The summed E-state index contributed by atoms with van der Waals surface area (Å²) in [6.45, 7) is 2.44. The lowest BCUT2D eigenvalue weighted by Gasteiger charge is -2.48.